The maximum atomic E-state index is 12.3. The first-order chi connectivity index (χ1) is 8.42. The highest BCUT2D eigenvalue weighted by atomic mass is 16.1. The van der Waals surface area contributed by atoms with Crippen molar-refractivity contribution in [1.29, 1.82) is 0 Å². The van der Waals surface area contributed by atoms with Crippen LogP contribution in [0.1, 0.15) is 39.9 Å². The van der Waals surface area contributed by atoms with E-state index in [-0.39, 0.29) is 5.78 Å². The van der Waals surface area contributed by atoms with Crippen LogP contribution in [0.3, 0.4) is 0 Å². The standard InChI is InChI=1S/C13H24N4O/c1-5-13(4,8-14)11(18)6-12-15-9-16-17(12)7-10(2)3/h9-10H,5-8,14H2,1-4H3. The summed E-state index contributed by atoms with van der Waals surface area (Å²) in [6.45, 7) is 9.30. The first-order valence-electron chi connectivity index (χ1n) is 6.53. The third kappa shape index (κ3) is 3.38. The van der Waals surface area contributed by atoms with Gasteiger partial charge in [0.15, 0.2) is 0 Å². The van der Waals surface area contributed by atoms with Crippen molar-refractivity contribution in [3.8, 4) is 0 Å². The van der Waals surface area contributed by atoms with Gasteiger partial charge in [-0.1, -0.05) is 27.7 Å². The molecule has 0 aromatic carbocycles. The molecule has 2 N–H and O–H groups in total. The summed E-state index contributed by atoms with van der Waals surface area (Å²) in [6.07, 6.45) is 2.58. The third-order valence-corrected chi connectivity index (χ3v) is 3.46. The van der Waals surface area contributed by atoms with Gasteiger partial charge in [0.05, 0.1) is 6.42 Å². The fraction of sp³-hybridized carbons (Fsp3) is 0.769. The zero-order valence-corrected chi connectivity index (χ0v) is 11.8. The average molecular weight is 252 g/mol. The van der Waals surface area contributed by atoms with Crippen molar-refractivity contribution in [1.82, 2.24) is 14.8 Å². The zero-order chi connectivity index (χ0) is 13.8. The second kappa shape index (κ2) is 6.09. The van der Waals surface area contributed by atoms with Crippen LogP contribution < -0.4 is 5.73 Å². The van der Waals surface area contributed by atoms with E-state index < -0.39 is 5.41 Å². The molecule has 0 aliphatic heterocycles. The minimum Gasteiger partial charge on any atom is -0.329 e. The van der Waals surface area contributed by atoms with E-state index in [2.05, 4.69) is 23.9 Å². The lowest BCUT2D eigenvalue weighted by Crippen LogP contribution is -2.36. The minimum atomic E-state index is -0.450. The van der Waals surface area contributed by atoms with Crippen molar-refractivity contribution in [3.63, 3.8) is 0 Å². The van der Waals surface area contributed by atoms with Gasteiger partial charge in [-0.05, 0) is 12.3 Å². The van der Waals surface area contributed by atoms with Gasteiger partial charge in [0.25, 0.3) is 0 Å². The van der Waals surface area contributed by atoms with Crippen molar-refractivity contribution in [2.75, 3.05) is 6.54 Å². The largest absolute Gasteiger partial charge is 0.329 e. The molecule has 0 aliphatic carbocycles. The van der Waals surface area contributed by atoms with E-state index in [1.807, 2.05) is 18.5 Å². The molecule has 0 spiro atoms. The summed E-state index contributed by atoms with van der Waals surface area (Å²) in [5.74, 6) is 1.36. The number of Topliss-reactive ketones (excluding diaryl/α,β-unsaturated/α-hetero) is 1. The number of rotatable bonds is 7. The molecule has 1 aromatic rings. The van der Waals surface area contributed by atoms with Gasteiger partial charge in [0.1, 0.15) is 17.9 Å². The third-order valence-electron chi connectivity index (χ3n) is 3.46. The van der Waals surface area contributed by atoms with Gasteiger partial charge in [-0.3, -0.25) is 4.79 Å². The normalized spacial score (nSPS) is 14.8. The Labute approximate surface area is 109 Å². The molecule has 0 fully saturated rings. The SMILES string of the molecule is CCC(C)(CN)C(=O)Cc1ncnn1CC(C)C. The summed E-state index contributed by atoms with van der Waals surface area (Å²) >= 11 is 0. The van der Waals surface area contributed by atoms with E-state index in [0.717, 1.165) is 18.8 Å². The summed E-state index contributed by atoms with van der Waals surface area (Å²) in [7, 11) is 0. The Kier molecular flexibility index (Phi) is 5.02. The van der Waals surface area contributed by atoms with E-state index in [9.17, 15) is 4.79 Å². The summed E-state index contributed by atoms with van der Waals surface area (Å²) < 4.78 is 1.81. The Bertz CT molecular complexity index is 393. The van der Waals surface area contributed by atoms with Crippen LogP contribution in [-0.2, 0) is 17.8 Å². The maximum absolute atomic E-state index is 12.3. The van der Waals surface area contributed by atoms with Crippen molar-refractivity contribution < 1.29 is 4.79 Å². The molecule has 102 valence electrons. The summed E-state index contributed by atoms with van der Waals surface area (Å²) in [5.41, 5.74) is 5.25. The maximum Gasteiger partial charge on any atom is 0.147 e. The van der Waals surface area contributed by atoms with E-state index >= 15 is 0 Å². The second-order valence-electron chi connectivity index (χ2n) is 5.47. The van der Waals surface area contributed by atoms with Crippen molar-refractivity contribution in [2.45, 2.75) is 47.1 Å². The highest BCUT2D eigenvalue weighted by Gasteiger charge is 2.30. The predicted molar refractivity (Wildman–Crippen MR) is 71.0 cm³/mol. The highest BCUT2D eigenvalue weighted by Crippen LogP contribution is 2.22. The summed E-state index contributed by atoms with van der Waals surface area (Å²) in [6, 6.07) is 0. The predicted octanol–water partition coefficient (Wildman–Crippen LogP) is 1.42. The van der Waals surface area contributed by atoms with E-state index in [1.165, 1.54) is 6.33 Å². The first kappa shape index (κ1) is 14.8. The fourth-order valence-corrected chi connectivity index (χ4v) is 1.74. The highest BCUT2D eigenvalue weighted by molar-refractivity contribution is 5.86. The molecule has 5 nitrogen and oxygen atoms in total. The van der Waals surface area contributed by atoms with Crippen molar-refractivity contribution in [2.24, 2.45) is 17.1 Å². The van der Waals surface area contributed by atoms with Crippen LogP contribution in [-0.4, -0.2) is 27.1 Å². The number of ketones is 1. The monoisotopic (exact) mass is 252 g/mol. The molecule has 1 unspecified atom stereocenters. The average Bonchev–Trinajstić information content (AvgIpc) is 2.74. The Balaban J connectivity index is 2.79. The molecule has 18 heavy (non-hydrogen) atoms. The summed E-state index contributed by atoms with van der Waals surface area (Å²) in [4.78, 5) is 16.5. The molecule has 1 atom stereocenters. The quantitative estimate of drug-likeness (QED) is 0.796. The van der Waals surface area contributed by atoms with E-state index in [1.54, 1.807) is 0 Å². The molecule has 1 aromatic heterocycles. The number of nitrogens with two attached hydrogens (primary N) is 1. The number of hydrogen-bond donors (Lipinski definition) is 1. The Morgan fingerprint density at radius 3 is 2.72 bits per heavy atom. The number of aromatic nitrogens is 3. The molecule has 0 saturated carbocycles. The minimum absolute atomic E-state index is 0.144. The lowest BCUT2D eigenvalue weighted by Gasteiger charge is -2.24. The zero-order valence-electron chi connectivity index (χ0n) is 11.8. The molecule has 0 aliphatic rings. The van der Waals surface area contributed by atoms with Crippen LogP contribution in [0, 0.1) is 11.3 Å². The Morgan fingerprint density at radius 1 is 1.56 bits per heavy atom. The molecule has 5 heteroatoms. The van der Waals surface area contributed by atoms with Gasteiger partial charge in [-0.25, -0.2) is 9.67 Å². The molecular formula is C13H24N4O. The molecule has 1 rings (SSSR count). The summed E-state index contributed by atoms with van der Waals surface area (Å²) in [5, 5.41) is 4.17. The Morgan fingerprint density at radius 2 is 2.22 bits per heavy atom. The number of carbonyl (C=O) groups is 1. The fourth-order valence-electron chi connectivity index (χ4n) is 1.74. The van der Waals surface area contributed by atoms with Crippen LogP contribution in [0.15, 0.2) is 6.33 Å². The molecule has 0 amide bonds. The van der Waals surface area contributed by atoms with Crippen molar-refractivity contribution in [3.05, 3.63) is 12.2 Å². The number of hydrogen-bond acceptors (Lipinski definition) is 4. The van der Waals surface area contributed by atoms with Gasteiger partial charge in [-0.2, -0.15) is 5.10 Å². The molecule has 0 saturated heterocycles. The van der Waals surface area contributed by atoms with Crippen LogP contribution in [0.4, 0.5) is 0 Å². The van der Waals surface area contributed by atoms with Crippen LogP contribution >= 0.6 is 0 Å². The lowest BCUT2D eigenvalue weighted by atomic mass is 9.81. The molecule has 0 bridgehead atoms. The smallest absolute Gasteiger partial charge is 0.147 e. The van der Waals surface area contributed by atoms with Gasteiger partial charge >= 0.3 is 0 Å². The second-order valence-corrected chi connectivity index (χ2v) is 5.47. The lowest BCUT2D eigenvalue weighted by molar-refractivity contribution is -0.127. The van der Waals surface area contributed by atoms with Gasteiger partial charge < -0.3 is 5.73 Å². The first-order valence-corrected chi connectivity index (χ1v) is 6.53. The number of nitrogens with zero attached hydrogens (tertiary/aromatic N) is 3. The van der Waals surface area contributed by atoms with E-state index in [4.69, 9.17) is 5.73 Å². The van der Waals surface area contributed by atoms with Crippen molar-refractivity contribution >= 4 is 5.78 Å². The van der Waals surface area contributed by atoms with Gasteiger partial charge in [-0.15, -0.1) is 0 Å². The number of carbonyl (C=O) groups excluding carboxylic acids is 1. The van der Waals surface area contributed by atoms with Gasteiger partial charge in [0, 0.05) is 18.5 Å². The topological polar surface area (TPSA) is 73.8 Å². The molecule has 0 radical (unpaired) electrons. The van der Waals surface area contributed by atoms with E-state index in [0.29, 0.717) is 18.9 Å². The molecular weight excluding hydrogens is 228 g/mol. The van der Waals surface area contributed by atoms with Crippen LogP contribution in [0.2, 0.25) is 0 Å². The van der Waals surface area contributed by atoms with Crippen LogP contribution in [0.5, 0.6) is 0 Å². The van der Waals surface area contributed by atoms with Gasteiger partial charge in [0.2, 0.25) is 0 Å². The Hall–Kier alpha value is -1.23. The van der Waals surface area contributed by atoms with Crippen LogP contribution in [0.25, 0.3) is 0 Å². The molecule has 1 heterocycles.